The van der Waals surface area contributed by atoms with Crippen LogP contribution in [-0.4, -0.2) is 42.9 Å². The summed E-state index contributed by atoms with van der Waals surface area (Å²) in [7, 11) is 1.60. The fourth-order valence-electron chi connectivity index (χ4n) is 1.45. The highest BCUT2D eigenvalue weighted by molar-refractivity contribution is 9.09. The number of carbonyl (C=O) groups excluding carboxylic acids is 1. The summed E-state index contributed by atoms with van der Waals surface area (Å²) >= 11 is 15.2. The number of carbonyl (C=O) groups is 1. The molecule has 0 aliphatic carbocycles. The molecule has 0 spiro atoms. The Morgan fingerprint density at radius 2 is 2.11 bits per heavy atom. The van der Waals surface area contributed by atoms with Crippen LogP contribution in [0.15, 0.2) is 18.2 Å². The van der Waals surface area contributed by atoms with E-state index in [4.69, 9.17) is 27.9 Å². The van der Waals surface area contributed by atoms with Crippen molar-refractivity contribution >= 4 is 45.0 Å². The van der Waals surface area contributed by atoms with Gasteiger partial charge >= 0.3 is 0 Å². The first-order chi connectivity index (χ1) is 8.60. The Balaban J connectivity index is 2.90. The van der Waals surface area contributed by atoms with Gasteiger partial charge in [-0.2, -0.15) is 0 Å². The first kappa shape index (κ1) is 15.8. The molecule has 0 aliphatic heterocycles. The number of hydrogen-bond acceptors (Lipinski definition) is 2. The number of ether oxygens (including phenoxy) is 1. The van der Waals surface area contributed by atoms with Crippen LogP contribution >= 0.6 is 39.1 Å². The first-order valence-electron chi connectivity index (χ1n) is 5.39. The van der Waals surface area contributed by atoms with Gasteiger partial charge < -0.3 is 9.64 Å². The Morgan fingerprint density at radius 1 is 1.39 bits per heavy atom. The Kier molecular flexibility index (Phi) is 7.00. The van der Waals surface area contributed by atoms with E-state index in [1.807, 2.05) is 0 Å². The molecule has 0 heterocycles. The number of methoxy groups -OCH3 is 1. The van der Waals surface area contributed by atoms with E-state index in [0.717, 1.165) is 0 Å². The summed E-state index contributed by atoms with van der Waals surface area (Å²) in [6.45, 7) is 1.59. The lowest BCUT2D eigenvalue weighted by atomic mass is 10.2. The van der Waals surface area contributed by atoms with E-state index in [0.29, 0.717) is 40.6 Å². The molecule has 1 amide bonds. The van der Waals surface area contributed by atoms with Crippen LogP contribution in [-0.2, 0) is 4.74 Å². The van der Waals surface area contributed by atoms with Crippen LogP contribution in [0.25, 0.3) is 0 Å². The van der Waals surface area contributed by atoms with Crippen molar-refractivity contribution < 1.29 is 9.53 Å². The van der Waals surface area contributed by atoms with E-state index in [9.17, 15) is 4.79 Å². The zero-order valence-electron chi connectivity index (χ0n) is 9.96. The number of halogens is 3. The van der Waals surface area contributed by atoms with Crippen LogP contribution in [0.5, 0.6) is 0 Å². The summed E-state index contributed by atoms with van der Waals surface area (Å²) in [4.78, 5) is 14.0. The molecule has 100 valence electrons. The number of nitrogens with zero attached hydrogens (tertiary/aromatic N) is 1. The summed E-state index contributed by atoms with van der Waals surface area (Å²) in [6, 6.07) is 4.87. The fourth-order valence-corrected chi connectivity index (χ4v) is 2.25. The minimum absolute atomic E-state index is 0.140. The molecule has 0 bridgehead atoms. The van der Waals surface area contributed by atoms with Crippen LogP contribution in [0.4, 0.5) is 0 Å². The number of benzene rings is 1. The summed E-state index contributed by atoms with van der Waals surface area (Å²) in [5.41, 5.74) is 0.418. The SMILES string of the molecule is COCCN(CCBr)C(=O)c1cc(Cl)ccc1Cl. The summed E-state index contributed by atoms with van der Waals surface area (Å²) in [5, 5.41) is 1.59. The predicted molar refractivity (Wildman–Crippen MR) is 78.0 cm³/mol. The minimum Gasteiger partial charge on any atom is -0.383 e. The van der Waals surface area contributed by atoms with Crippen molar-refractivity contribution in [3.63, 3.8) is 0 Å². The van der Waals surface area contributed by atoms with Crippen LogP contribution in [0.3, 0.4) is 0 Å². The molecule has 0 N–H and O–H groups in total. The molecular weight excluding hydrogens is 341 g/mol. The summed E-state index contributed by atoms with van der Waals surface area (Å²) < 4.78 is 4.99. The van der Waals surface area contributed by atoms with E-state index < -0.39 is 0 Å². The van der Waals surface area contributed by atoms with Crippen molar-refractivity contribution in [2.24, 2.45) is 0 Å². The van der Waals surface area contributed by atoms with Gasteiger partial charge in [-0.25, -0.2) is 0 Å². The molecule has 0 radical (unpaired) electrons. The van der Waals surface area contributed by atoms with Crippen LogP contribution in [0.1, 0.15) is 10.4 Å². The van der Waals surface area contributed by atoms with Gasteiger partial charge in [0.15, 0.2) is 0 Å². The van der Waals surface area contributed by atoms with Crippen LogP contribution in [0.2, 0.25) is 10.0 Å². The Morgan fingerprint density at radius 3 is 2.72 bits per heavy atom. The monoisotopic (exact) mass is 353 g/mol. The van der Waals surface area contributed by atoms with Gasteiger partial charge in [-0.3, -0.25) is 4.79 Å². The van der Waals surface area contributed by atoms with Gasteiger partial charge in [-0.05, 0) is 18.2 Å². The molecule has 0 atom stereocenters. The lowest BCUT2D eigenvalue weighted by Crippen LogP contribution is -2.35. The highest BCUT2D eigenvalue weighted by atomic mass is 79.9. The second kappa shape index (κ2) is 8.00. The number of alkyl halides is 1. The van der Waals surface area contributed by atoms with Gasteiger partial charge in [-0.1, -0.05) is 39.1 Å². The Labute approximate surface area is 125 Å². The third kappa shape index (κ3) is 4.43. The molecule has 3 nitrogen and oxygen atoms in total. The zero-order chi connectivity index (χ0) is 13.5. The average molecular weight is 355 g/mol. The summed E-state index contributed by atoms with van der Waals surface area (Å²) in [5.74, 6) is -0.140. The van der Waals surface area contributed by atoms with Crippen molar-refractivity contribution in [2.75, 3.05) is 32.1 Å². The molecule has 0 saturated carbocycles. The highest BCUT2D eigenvalue weighted by Crippen LogP contribution is 2.22. The number of hydrogen-bond donors (Lipinski definition) is 0. The summed E-state index contributed by atoms with van der Waals surface area (Å²) in [6.07, 6.45) is 0. The molecule has 1 aromatic carbocycles. The molecule has 18 heavy (non-hydrogen) atoms. The van der Waals surface area contributed by atoms with Gasteiger partial charge in [0.1, 0.15) is 0 Å². The topological polar surface area (TPSA) is 29.5 Å². The predicted octanol–water partition coefficient (Wildman–Crippen LogP) is 3.48. The quantitative estimate of drug-likeness (QED) is 0.732. The molecule has 1 aromatic rings. The highest BCUT2D eigenvalue weighted by Gasteiger charge is 2.18. The number of amides is 1. The van der Waals surface area contributed by atoms with Crippen LogP contribution < -0.4 is 0 Å². The molecule has 0 fully saturated rings. The molecule has 0 unspecified atom stereocenters. The lowest BCUT2D eigenvalue weighted by molar-refractivity contribution is 0.0709. The maximum atomic E-state index is 12.3. The molecular formula is C12H14BrCl2NO2. The maximum Gasteiger partial charge on any atom is 0.255 e. The van der Waals surface area contributed by atoms with Gasteiger partial charge in [0.05, 0.1) is 17.2 Å². The van der Waals surface area contributed by atoms with E-state index in [2.05, 4.69) is 15.9 Å². The largest absolute Gasteiger partial charge is 0.383 e. The van der Waals surface area contributed by atoms with Gasteiger partial charge in [0, 0.05) is 30.6 Å². The van der Waals surface area contributed by atoms with Crippen molar-refractivity contribution in [3.05, 3.63) is 33.8 Å². The minimum atomic E-state index is -0.140. The van der Waals surface area contributed by atoms with E-state index in [-0.39, 0.29) is 5.91 Å². The molecule has 6 heteroatoms. The third-order valence-corrected chi connectivity index (χ3v) is 3.29. The van der Waals surface area contributed by atoms with Gasteiger partial charge in [-0.15, -0.1) is 0 Å². The fraction of sp³-hybridized carbons (Fsp3) is 0.417. The third-order valence-electron chi connectivity index (χ3n) is 2.37. The first-order valence-corrected chi connectivity index (χ1v) is 7.27. The Hall–Kier alpha value is -0.290. The van der Waals surface area contributed by atoms with Crippen molar-refractivity contribution in [2.45, 2.75) is 0 Å². The zero-order valence-corrected chi connectivity index (χ0v) is 13.1. The smallest absolute Gasteiger partial charge is 0.255 e. The van der Waals surface area contributed by atoms with Crippen molar-refractivity contribution in [3.8, 4) is 0 Å². The second-order valence-corrected chi connectivity index (χ2v) is 5.23. The van der Waals surface area contributed by atoms with E-state index in [1.54, 1.807) is 30.2 Å². The van der Waals surface area contributed by atoms with E-state index >= 15 is 0 Å². The Bertz CT molecular complexity index is 415. The average Bonchev–Trinajstić information content (AvgIpc) is 2.36. The molecule has 0 saturated heterocycles. The standard InChI is InChI=1S/C12H14BrCl2NO2/c1-18-7-6-16(5-4-13)12(17)10-8-9(14)2-3-11(10)15/h2-3,8H,4-7H2,1H3. The van der Waals surface area contributed by atoms with Crippen LogP contribution in [0, 0.1) is 0 Å². The van der Waals surface area contributed by atoms with Gasteiger partial charge in [0.25, 0.3) is 5.91 Å². The molecule has 0 aromatic heterocycles. The normalized spacial score (nSPS) is 10.4. The molecule has 1 rings (SSSR count). The maximum absolute atomic E-state index is 12.3. The lowest BCUT2D eigenvalue weighted by Gasteiger charge is -2.22. The van der Waals surface area contributed by atoms with E-state index in [1.165, 1.54) is 0 Å². The van der Waals surface area contributed by atoms with Crippen molar-refractivity contribution in [1.82, 2.24) is 4.90 Å². The van der Waals surface area contributed by atoms with Gasteiger partial charge in [0.2, 0.25) is 0 Å². The number of rotatable bonds is 6. The molecule has 0 aliphatic rings. The second-order valence-electron chi connectivity index (χ2n) is 3.60. The van der Waals surface area contributed by atoms with Crippen molar-refractivity contribution in [1.29, 1.82) is 0 Å².